The van der Waals surface area contributed by atoms with E-state index in [-0.39, 0.29) is 0 Å². The first-order valence-corrected chi connectivity index (χ1v) is 22.0. The number of nitrogens with one attached hydrogen (secondary N) is 1. The molecule has 0 aromatic rings. The van der Waals surface area contributed by atoms with Gasteiger partial charge in [0.2, 0.25) is 5.91 Å². The van der Waals surface area contributed by atoms with Crippen molar-refractivity contribution in [2.75, 3.05) is 26.4 Å². The number of carboxylic acids is 1. The SMILES string of the molecule is CC(=O)N[C@H]1[C@@H](O[C@H]2[C@H](O[C@H]3[C@H](O[C@@H]4O[C@@H](C)[C@H](O)[C@@H](O)[C@H]4O)[C@H](O)[C@H](O[C@@H]4[C@H](O)[C@H](O[C@H]5[C@H](O)[C@@H](O)[C@H](O)O[C@@H]5C(=O)O)O[C@H](CO)[C@H]4O)O[C@@H]3CO)O[C@H](CO)[C@H](O)[C@@H]2O)O[C@H](CO)[C@@H](O)[C@@H]1O. The molecule has 32 heteroatoms. The molecular weight excluding hydrogens is 966 g/mol. The van der Waals surface area contributed by atoms with Crippen LogP contribution in [0.4, 0.5) is 0 Å². The average Bonchev–Trinajstić information content (AvgIpc) is 3.32. The molecule has 0 unspecified atom stereocenters. The Morgan fingerprint density at radius 3 is 1.43 bits per heavy atom. The first-order chi connectivity index (χ1) is 33.0. The Hall–Kier alpha value is -2.18. The predicted molar refractivity (Wildman–Crippen MR) is 210 cm³/mol. The van der Waals surface area contributed by atoms with E-state index in [2.05, 4.69) is 5.32 Å². The van der Waals surface area contributed by atoms with Crippen molar-refractivity contribution >= 4 is 11.9 Å². The van der Waals surface area contributed by atoms with Crippen LogP contribution >= 0.6 is 0 Å². The standard InChI is InChI=1S/C38H63NO31/c1-7-14(45)19(50)23(54)35(60-7)69-29-25(56)37(67-27-17(48)11(5-42)62-36(24(27)55)68-28-21(52)22(53)33(59)65-31(28)32(57)58)64-12(6-43)26(29)66-38-30(20(51)16(47)10(4-41)63-38)70-34-13(39-8(2)44)18(49)15(46)9(3-40)61-34/h7,9-31,33-38,40-43,45-56,59H,3-6H2,1-2H3,(H,39,44)(H,57,58)/t7-,9+,10+,11+,12+,13+,14-,15+,16-,17+,18+,19+,20-,21+,22+,23+,24-,25-,26+,27-,28-,29+,30+,31-,33+,34+,35-,36-,37-,38-/m0/s1. The number of aliphatic hydroxyl groups excluding tert-OH is 17. The number of amides is 1. The van der Waals surface area contributed by atoms with Gasteiger partial charge in [0.25, 0.3) is 0 Å². The van der Waals surface area contributed by atoms with Gasteiger partial charge in [-0.05, 0) is 6.92 Å². The molecule has 0 radical (unpaired) electrons. The van der Waals surface area contributed by atoms with Gasteiger partial charge in [-0.3, -0.25) is 4.79 Å². The van der Waals surface area contributed by atoms with Gasteiger partial charge < -0.3 is 149 Å². The molecule has 0 aliphatic carbocycles. The molecule has 32 nitrogen and oxygen atoms in total. The smallest absolute Gasteiger partial charge is 0.335 e. The van der Waals surface area contributed by atoms with E-state index in [1.165, 1.54) is 6.92 Å². The topological polar surface area (TPSA) is 512 Å². The first kappa shape index (κ1) is 57.1. The van der Waals surface area contributed by atoms with Crippen LogP contribution in [0.3, 0.4) is 0 Å². The monoisotopic (exact) mass is 1030 g/mol. The zero-order chi connectivity index (χ0) is 51.8. The minimum absolute atomic E-state index is 0.791. The molecular formula is C38H63NO31. The zero-order valence-electron chi connectivity index (χ0n) is 37.0. The highest BCUT2D eigenvalue weighted by molar-refractivity contribution is 5.73. The Labute approximate surface area is 395 Å². The summed E-state index contributed by atoms with van der Waals surface area (Å²) in [7, 11) is 0. The highest BCUT2D eigenvalue weighted by Gasteiger charge is 2.59. The van der Waals surface area contributed by atoms with Crippen LogP contribution in [0.1, 0.15) is 13.8 Å². The van der Waals surface area contributed by atoms with Gasteiger partial charge in [-0.15, -0.1) is 0 Å². The molecule has 0 aromatic carbocycles. The summed E-state index contributed by atoms with van der Waals surface area (Å²) in [5, 5.41) is 194. The molecule has 30 atom stereocenters. The summed E-state index contributed by atoms with van der Waals surface area (Å²) in [5.74, 6) is -2.62. The molecule has 0 saturated carbocycles. The van der Waals surface area contributed by atoms with E-state index in [1.54, 1.807) is 0 Å². The van der Waals surface area contributed by atoms with E-state index in [9.17, 15) is 102 Å². The molecule has 6 saturated heterocycles. The summed E-state index contributed by atoms with van der Waals surface area (Å²) in [5.41, 5.74) is 0. The lowest BCUT2D eigenvalue weighted by Gasteiger charge is -2.51. The Kier molecular flexibility index (Phi) is 19.6. The fourth-order valence-electron chi connectivity index (χ4n) is 8.80. The maximum atomic E-state index is 12.2. The number of carbonyl (C=O) groups is 2. The molecule has 19 N–H and O–H groups in total. The van der Waals surface area contributed by atoms with Gasteiger partial charge in [0.1, 0.15) is 134 Å². The summed E-state index contributed by atoms with van der Waals surface area (Å²) >= 11 is 0. The Bertz CT molecular complexity index is 1690. The number of hydrogen-bond acceptors (Lipinski definition) is 30. The summed E-state index contributed by atoms with van der Waals surface area (Å²) < 4.78 is 62.5. The van der Waals surface area contributed by atoms with Gasteiger partial charge in [-0.25, -0.2) is 4.79 Å². The van der Waals surface area contributed by atoms with Crippen molar-refractivity contribution < 1.29 is 154 Å². The molecule has 6 fully saturated rings. The van der Waals surface area contributed by atoms with E-state index in [0.717, 1.165) is 6.92 Å². The van der Waals surface area contributed by atoms with Gasteiger partial charge in [0.05, 0.1) is 32.5 Å². The van der Waals surface area contributed by atoms with E-state index < -0.39 is 222 Å². The van der Waals surface area contributed by atoms with Crippen molar-refractivity contribution in [2.24, 2.45) is 0 Å². The van der Waals surface area contributed by atoms with Gasteiger partial charge in [-0.2, -0.15) is 0 Å². The van der Waals surface area contributed by atoms with Crippen molar-refractivity contribution in [2.45, 2.75) is 198 Å². The molecule has 6 rings (SSSR count). The van der Waals surface area contributed by atoms with Crippen LogP contribution < -0.4 is 5.32 Å². The molecule has 6 aliphatic rings. The zero-order valence-corrected chi connectivity index (χ0v) is 37.0. The minimum Gasteiger partial charge on any atom is -0.479 e. The van der Waals surface area contributed by atoms with Crippen molar-refractivity contribution in [3.63, 3.8) is 0 Å². The lowest BCUT2D eigenvalue weighted by molar-refractivity contribution is -0.408. The Balaban J connectivity index is 1.33. The summed E-state index contributed by atoms with van der Waals surface area (Å²) in [6, 6.07) is -1.66. The van der Waals surface area contributed by atoms with Crippen molar-refractivity contribution in [1.29, 1.82) is 0 Å². The highest BCUT2D eigenvalue weighted by Crippen LogP contribution is 2.38. The number of aliphatic hydroxyl groups is 17. The number of carbonyl (C=O) groups excluding carboxylic acids is 1. The molecule has 0 aromatic heterocycles. The second-order valence-corrected chi connectivity index (χ2v) is 17.5. The Morgan fingerprint density at radius 2 is 0.857 bits per heavy atom. The fraction of sp³-hybridized carbons (Fsp3) is 0.947. The van der Waals surface area contributed by atoms with Crippen LogP contribution in [-0.2, 0) is 61.7 Å². The molecule has 6 aliphatic heterocycles. The van der Waals surface area contributed by atoms with Crippen LogP contribution in [0.15, 0.2) is 0 Å². The summed E-state index contributed by atoms with van der Waals surface area (Å²) in [6.07, 6.45) is -58.4. The lowest BCUT2D eigenvalue weighted by atomic mass is 9.94. The highest BCUT2D eigenvalue weighted by atomic mass is 16.8. The summed E-state index contributed by atoms with van der Waals surface area (Å²) in [4.78, 5) is 24.2. The van der Waals surface area contributed by atoms with Crippen LogP contribution in [-0.4, -0.2) is 314 Å². The lowest BCUT2D eigenvalue weighted by Crippen LogP contribution is -2.70. The van der Waals surface area contributed by atoms with E-state index in [0.29, 0.717) is 0 Å². The maximum absolute atomic E-state index is 12.2. The summed E-state index contributed by atoms with van der Waals surface area (Å²) in [6.45, 7) is -1.89. The van der Waals surface area contributed by atoms with E-state index in [4.69, 9.17) is 52.1 Å². The van der Waals surface area contributed by atoms with Crippen molar-refractivity contribution in [3.05, 3.63) is 0 Å². The molecule has 0 bridgehead atoms. The number of rotatable bonds is 16. The molecule has 0 spiro atoms. The van der Waals surface area contributed by atoms with Crippen molar-refractivity contribution in [3.8, 4) is 0 Å². The van der Waals surface area contributed by atoms with Gasteiger partial charge >= 0.3 is 5.97 Å². The third-order valence-electron chi connectivity index (χ3n) is 12.8. The Morgan fingerprint density at radius 1 is 0.414 bits per heavy atom. The van der Waals surface area contributed by atoms with Crippen LogP contribution in [0, 0.1) is 0 Å². The molecule has 6 heterocycles. The van der Waals surface area contributed by atoms with Crippen molar-refractivity contribution in [1.82, 2.24) is 5.32 Å². The normalized spacial score (nSPS) is 51.4. The number of carboxylic acid groups (broad SMARTS) is 1. The van der Waals surface area contributed by atoms with E-state index >= 15 is 0 Å². The quantitative estimate of drug-likeness (QED) is 0.0682. The average molecular weight is 1030 g/mol. The van der Waals surface area contributed by atoms with Gasteiger partial charge in [0.15, 0.2) is 43.8 Å². The molecule has 70 heavy (non-hydrogen) atoms. The third-order valence-corrected chi connectivity index (χ3v) is 12.8. The van der Waals surface area contributed by atoms with Gasteiger partial charge in [0, 0.05) is 6.92 Å². The minimum atomic E-state index is -2.36. The number of aliphatic carboxylic acids is 1. The first-order valence-electron chi connectivity index (χ1n) is 22.0. The van der Waals surface area contributed by atoms with Crippen LogP contribution in [0.2, 0.25) is 0 Å². The van der Waals surface area contributed by atoms with Gasteiger partial charge in [-0.1, -0.05) is 0 Å². The predicted octanol–water partition coefficient (Wildman–Crippen LogP) is -12.8. The molecule has 406 valence electrons. The van der Waals surface area contributed by atoms with E-state index in [1.807, 2.05) is 0 Å². The number of hydrogen-bond donors (Lipinski definition) is 19. The van der Waals surface area contributed by atoms with Crippen LogP contribution in [0.25, 0.3) is 0 Å². The maximum Gasteiger partial charge on any atom is 0.335 e. The van der Waals surface area contributed by atoms with Crippen LogP contribution in [0.5, 0.6) is 0 Å². The second kappa shape index (κ2) is 24.0. The largest absolute Gasteiger partial charge is 0.479 e. The fourth-order valence-corrected chi connectivity index (χ4v) is 8.80. The number of ether oxygens (including phenoxy) is 11. The second-order valence-electron chi connectivity index (χ2n) is 17.5. The molecule has 1 amide bonds. The third kappa shape index (κ3) is 11.7.